The number of anilines is 1. The highest BCUT2D eigenvalue weighted by Crippen LogP contribution is 2.27. The summed E-state index contributed by atoms with van der Waals surface area (Å²) in [5.41, 5.74) is 0.415. The van der Waals surface area contributed by atoms with Crippen molar-refractivity contribution in [2.24, 2.45) is 0 Å². The quantitative estimate of drug-likeness (QED) is 0.213. The Labute approximate surface area is 245 Å². The van der Waals surface area contributed by atoms with Crippen LogP contribution < -0.4 is 9.62 Å². The highest BCUT2D eigenvalue weighted by molar-refractivity contribution is 7.92. The highest BCUT2D eigenvalue weighted by Gasteiger charge is 2.34. The van der Waals surface area contributed by atoms with E-state index in [1.165, 1.54) is 41.3 Å². The monoisotopic (exact) mass is 600 g/mol. The van der Waals surface area contributed by atoms with Gasteiger partial charge in [-0.1, -0.05) is 61.8 Å². The van der Waals surface area contributed by atoms with Crippen molar-refractivity contribution in [3.63, 3.8) is 0 Å². The van der Waals surface area contributed by atoms with E-state index in [0.717, 1.165) is 4.31 Å². The van der Waals surface area contributed by atoms with Gasteiger partial charge in [0.1, 0.15) is 12.6 Å². The summed E-state index contributed by atoms with van der Waals surface area (Å²) in [5, 5.41) is 14.5. The number of amides is 2. The van der Waals surface area contributed by atoms with E-state index in [4.69, 9.17) is 11.6 Å². The third-order valence-corrected chi connectivity index (χ3v) is 8.80. The smallest absolute Gasteiger partial charge is 0.269 e. The molecule has 0 saturated heterocycles. The zero-order chi connectivity index (χ0) is 30.2. The number of hydrogen-bond donors (Lipinski definition) is 1. The molecular formula is C29H33ClN4O6S. The minimum Gasteiger partial charge on any atom is -0.352 e. The second kappa shape index (κ2) is 14.1. The molecule has 0 radical (unpaired) electrons. The molecule has 0 saturated carbocycles. The van der Waals surface area contributed by atoms with Crippen LogP contribution >= 0.6 is 11.6 Å². The van der Waals surface area contributed by atoms with Gasteiger partial charge in [0.05, 0.1) is 15.5 Å². The standard InChI is InChI=1S/C29H33ClN4O6S/c1-4-21(3)31-29(36)27(5-2)32(19-22-11-9-10-14-26(22)30)28(35)20-33(23-15-17-24(18-16-23)34(37)38)41(39,40)25-12-7-6-8-13-25/h6-18,21,27H,4-5,19-20H2,1-3H3,(H,31,36)/t21-,27+/m1/s1. The van der Waals surface area contributed by atoms with E-state index < -0.39 is 33.4 Å². The number of nitro groups is 1. The van der Waals surface area contributed by atoms with Gasteiger partial charge in [0.25, 0.3) is 15.7 Å². The maximum Gasteiger partial charge on any atom is 0.269 e. The number of sulfonamides is 1. The van der Waals surface area contributed by atoms with Gasteiger partial charge in [-0.05, 0) is 55.7 Å². The summed E-state index contributed by atoms with van der Waals surface area (Å²) in [4.78, 5) is 39.2. The fourth-order valence-corrected chi connectivity index (χ4v) is 5.79. The molecule has 0 aliphatic rings. The molecule has 2 atom stereocenters. The van der Waals surface area contributed by atoms with Crippen LogP contribution in [0, 0.1) is 10.1 Å². The van der Waals surface area contributed by atoms with E-state index in [0.29, 0.717) is 17.0 Å². The fraction of sp³-hybridized carbons (Fsp3) is 0.310. The molecule has 218 valence electrons. The number of non-ortho nitro benzene ring substituents is 1. The van der Waals surface area contributed by atoms with Crippen LogP contribution in [0.4, 0.5) is 11.4 Å². The lowest BCUT2D eigenvalue weighted by Gasteiger charge is -2.34. The Balaban J connectivity index is 2.08. The molecule has 3 aromatic carbocycles. The number of nitro benzene ring substituents is 1. The molecule has 2 amide bonds. The van der Waals surface area contributed by atoms with Gasteiger partial charge in [-0.3, -0.25) is 24.0 Å². The largest absolute Gasteiger partial charge is 0.352 e. The lowest BCUT2D eigenvalue weighted by molar-refractivity contribution is -0.384. The minimum atomic E-state index is -4.28. The van der Waals surface area contributed by atoms with Crippen molar-refractivity contribution in [1.29, 1.82) is 0 Å². The molecule has 0 aromatic heterocycles. The first kappa shape index (κ1) is 31.6. The maximum absolute atomic E-state index is 14.0. The van der Waals surface area contributed by atoms with Crippen molar-refractivity contribution in [3.8, 4) is 0 Å². The van der Waals surface area contributed by atoms with Gasteiger partial charge in [0.2, 0.25) is 11.8 Å². The molecule has 0 aliphatic carbocycles. The van der Waals surface area contributed by atoms with Gasteiger partial charge >= 0.3 is 0 Å². The molecule has 1 N–H and O–H groups in total. The Bertz CT molecular complexity index is 1470. The second-order valence-corrected chi connectivity index (χ2v) is 11.7. The molecule has 10 nitrogen and oxygen atoms in total. The first-order chi connectivity index (χ1) is 19.5. The third-order valence-electron chi connectivity index (χ3n) is 6.64. The van der Waals surface area contributed by atoms with E-state index in [2.05, 4.69) is 5.32 Å². The third kappa shape index (κ3) is 7.83. The molecule has 0 fully saturated rings. The first-order valence-electron chi connectivity index (χ1n) is 13.1. The van der Waals surface area contributed by atoms with Crippen LogP contribution in [0.5, 0.6) is 0 Å². The van der Waals surface area contributed by atoms with Crippen molar-refractivity contribution in [1.82, 2.24) is 10.2 Å². The van der Waals surface area contributed by atoms with Crippen LogP contribution in [0.25, 0.3) is 0 Å². The fourth-order valence-electron chi connectivity index (χ4n) is 4.16. The van der Waals surface area contributed by atoms with Gasteiger partial charge in [0.15, 0.2) is 0 Å². The number of hydrogen-bond acceptors (Lipinski definition) is 6. The normalized spacial score (nSPS) is 12.7. The van der Waals surface area contributed by atoms with Gasteiger partial charge in [-0.2, -0.15) is 0 Å². The van der Waals surface area contributed by atoms with Crippen LogP contribution in [0.2, 0.25) is 5.02 Å². The zero-order valence-corrected chi connectivity index (χ0v) is 24.6. The van der Waals surface area contributed by atoms with Gasteiger partial charge < -0.3 is 10.2 Å². The predicted molar refractivity (Wildman–Crippen MR) is 158 cm³/mol. The van der Waals surface area contributed by atoms with Crippen LogP contribution in [0.1, 0.15) is 39.2 Å². The van der Waals surface area contributed by atoms with Crippen LogP contribution in [-0.4, -0.2) is 48.7 Å². The summed E-state index contributed by atoms with van der Waals surface area (Å²) >= 11 is 6.40. The SMILES string of the molecule is CC[C@@H](C)NC(=O)[C@H](CC)N(Cc1ccccc1Cl)C(=O)CN(c1ccc([N+](=O)[O-])cc1)S(=O)(=O)c1ccccc1. The Hall–Kier alpha value is -3.96. The van der Waals surface area contributed by atoms with Crippen molar-refractivity contribution in [2.75, 3.05) is 10.8 Å². The van der Waals surface area contributed by atoms with Gasteiger partial charge in [-0.25, -0.2) is 8.42 Å². The number of carbonyl (C=O) groups is 2. The lowest BCUT2D eigenvalue weighted by Crippen LogP contribution is -2.53. The minimum absolute atomic E-state index is 0.0373. The maximum atomic E-state index is 14.0. The summed E-state index contributed by atoms with van der Waals surface area (Å²) in [6, 6.07) is 18.3. The Morgan fingerprint density at radius 3 is 2.12 bits per heavy atom. The molecule has 0 heterocycles. The topological polar surface area (TPSA) is 130 Å². The van der Waals surface area contributed by atoms with Crippen LogP contribution in [-0.2, 0) is 26.2 Å². The first-order valence-corrected chi connectivity index (χ1v) is 15.0. The van der Waals surface area contributed by atoms with Crippen LogP contribution in [0.3, 0.4) is 0 Å². The molecule has 0 unspecified atom stereocenters. The molecule has 3 rings (SSSR count). The summed E-state index contributed by atoms with van der Waals surface area (Å²) in [6.07, 6.45) is 0.950. The number of carbonyl (C=O) groups excluding carboxylic acids is 2. The van der Waals surface area contributed by atoms with E-state index in [-0.39, 0.29) is 41.2 Å². The average molecular weight is 601 g/mol. The van der Waals surface area contributed by atoms with E-state index >= 15 is 0 Å². The number of nitrogens with one attached hydrogen (secondary N) is 1. The second-order valence-electron chi connectivity index (χ2n) is 9.45. The molecule has 0 spiro atoms. The number of benzene rings is 3. The number of rotatable bonds is 13. The lowest BCUT2D eigenvalue weighted by atomic mass is 10.1. The van der Waals surface area contributed by atoms with Gasteiger partial charge in [0, 0.05) is 29.7 Å². The van der Waals surface area contributed by atoms with E-state index in [9.17, 15) is 28.1 Å². The molecular weight excluding hydrogens is 568 g/mol. The van der Waals surface area contributed by atoms with Crippen LogP contribution in [0.15, 0.2) is 83.8 Å². The molecule has 3 aromatic rings. The summed E-state index contributed by atoms with van der Waals surface area (Å²) in [6.45, 7) is 4.85. The van der Waals surface area contributed by atoms with Crippen molar-refractivity contribution < 1.29 is 22.9 Å². The van der Waals surface area contributed by atoms with E-state index in [1.807, 2.05) is 13.8 Å². The molecule has 41 heavy (non-hydrogen) atoms. The Morgan fingerprint density at radius 1 is 0.951 bits per heavy atom. The Morgan fingerprint density at radius 2 is 1.56 bits per heavy atom. The molecule has 0 bridgehead atoms. The average Bonchev–Trinajstić information content (AvgIpc) is 2.97. The Kier molecular flexibility index (Phi) is 10.8. The number of halogens is 1. The highest BCUT2D eigenvalue weighted by atomic mass is 35.5. The molecule has 0 aliphatic heterocycles. The predicted octanol–water partition coefficient (Wildman–Crippen LogP) is 5.17. The van der Waals surface area contributed by atoms with Crippen molar-refractivity contribution in [2.45, 2.75) is 57.1 Å². The summed E-state index contributed by atoms with van der Waals surface area (Å²) in [5.74, 6) is -1.01. The van der Waals surface area contributed by atoms with Crippen molar-refractivity contribution >= 4 is 44.8 Å². The van der Waals surface area contributed by atoms with Gasteiger partial charge in [-0.15, -0.1) is 0 Å². The summed E-state index contributed by atoms with van der Waals surface area (Å²) < 4.78 is 28.5. The summed E-state index contributed by atoms with van der Waals surface area (Å²) in [7, 11) is -4.28. The van der Waals surface area contributed by atoms with E-state index in [1.54, 1.807) is 49.4 Å². The molecule has 12 heteroatoms. The van der Waals surface area contributed by atoms with Crippen molar-refractivity contribution in [3.05, 3.63) is 99.6 Å². The zero-order valence-electron chi connectivity index (χ0n) is 23.1. The number of nitrogens with zero attached hydrogens (tertiary/aromatic N) is 3.